The first-order valence-electron chi connectivity index (χ1n) is 4.74. The highest BCUT2D eigenvalue weighted by Crippen LogP contribution is 2.25. The van der Waals surface area contributed by atoms with Crippen molar-refractivity contribution in [1.82, 2.24) is 4.98 Å². The fraction of sp³-hybridized carbons (Fsp3) is 0. The van der Waals surface area contributed by atoms with Gasteiger partial charge in [-0.05, 0) is 30.3 Å². The number of hydrogen-bond donors (Lipinski definition) is 1. The molecule has 3 nitrogen and oxygen atoms in total. The molecule has 17 heavy (non-hydrogen) atoms. The summed E-state index contributed by atoms with van der Waals surface area (Å²) < 4.78 is 14.3. The molecule has 5 heteroatoms. The molecule has 0 aliphatic carbocycles. The second-order valence-electron chi connectivity index (χ2n) is 3.37. The highest BCUT2D eigenvalue weighted by atomic mass is 79.9. The van der Waals surface area contributed by atoms with E-state index < -0.39 is 5.82 Å². The molecule has 0 amide bonds. The van der Waals surface area contributed by atoms with Crippen molar-refractivity contribution in [2.45, 2.75) is 0 Å². The van der Waals surface area contributed by atoms with Gasteiger partial charge < -0.3 is 5.73 Å². The Labute approximate surface area is 106 Å². The Morgan fingerprint density at radius 1 is 1.29 bits per heavy atom. The number of pyridine rings is 1. The molecule has 0 unspecified atom stereocenters. The molecule has 0 saturated carbocycles. The average Bonchev–Trinajstić information content (AvgIpc) is 2.29. The summed E-state index contributed by atoms with van der Waals surface area (Å²) in [6.07, 6.45) is 0. The molecule has 2 N–H and O–H groups in total. The number of hydrogen-bond acceptors (Lipinski definition) is 3. The van der Waals surface area contributed by atoms with Gasteiger partial charge >= 0.3 is 0 Å². The summed E-state index contributed by atoms with van der Waals surface area (Å²) in [4.78, 5) is 4.00. The monoisotopic (exact) mass is 291 g/mol. The van der Waals surface area contributed by atoms with Gasteiger partial charge in [0, 0.05) is 10.0 Å². The number of benzene rings is 1. The Kier molecular flexibility index (Phi) is 3.07. The number of halogens is 2. The highest BCUT2D eigenvalue weighted by molar-refractivity contribution is 9.10. The SMILES string of the molecule is N#Cc1ccc(-c2ccc(Br)cc2F)nc1N. The molecule has 2 aromatic rings. The van der Waals surface area contributed by atoms with Crippen LogP contribution in [-0.2, 0) is 0 Å². The van der Waals surface area contributed by atoms with Crippen LogP contribution in [0.4, 0.5) is 10.2 Å². The average molecular weight is 292 g/mol. The molecule has 1 heterocycles. The molecule has 2 rings (SSSR count). The van der Waals surface area contributed by atoms with Crippen LogP contribution in [0, 0.1) is 17.1 Å². The summed E-state index contributed by atoms with van der Waals surface area (Å²) >= 11 is 3.18. The van der Waals surface area contributed by atoms with Crippen LogP contribution < -0.4 is 5.73 Å². The lowest BCUT2D eigenvalue weighted by molar-refractivity contribution is 0.630. The van der Waals surface area contributed by atoms with Gasteiger partial charge in [0.15, 0.2) is 0 Å². The van der Waals surface area contributed by atoms with Crippen LogP contribution in [0.1, 0.15) is 5.56 Å². The molecule has 0 radical (unpaired) electrons. The molecular weight excluding hydrogens is 285 g/mol. The van der Waals surface area contributed by atoms with Gasteiger partial charge in [0.2, 0.25) is 0 Å². The minimum absolute atomic E-state index is 0.104. The summed E-state index contributed by atoms with van der Waals surface area (Å²) in [6.45, 7) is 0. The van der Waals surface area contributed by atoms with Crippen LogP contribution in [0.5, 0.6) is 0 Å². The number of nitrogens with two attached hydrogens (primary N) is 1. The summed E-state index contributed by atoms with van der Waals surface area (Å²) in [5, 5.41) is 8.72. The van der Waals surface area contributed by atoms with Crippen molar-refractivity contribution in [3.63, 3.8) is 0 Å². The minimum Gasteiger partial charge on any atom is -0.383 e. The zero-order valence-electron chi connectivity index (χ0n) is 8.61. The standard InChI is InChI=1S/C12H7BrFN3/c13-8-2-3-9(10(14)5-8)11-4-1-7(6-15)12(16)17-11/h1-5H,(H2,16,17). The largest absolute Gasteiger partial charge is 0.383 e. The molecule has 0 fully saturated rings. The number of anilines is 1. The van der Waals surface area contributed by atoms with Gasteiger partial charge in [0.1, 0.15) is 17.7 Å². The van der Waals surface area contributed by atoms with Gasteiger partial charge in [-0.15, -0.1) is 0 Å². The van der Waals surface area contributed by atoms with Crippen LogP contribution >= 0.6 is 15.9 Å². The maximum absolute atomic E-state index is 13.7. The van der Waals surface area contributed by atoms with E-state index >= 15 is 0 Å². The molecule has 1 aromatic heterocycles. The smallest absolute Gasteiger partial charge is 0.142 e. The van der Waals surface area contributed by atoms with E-state index in [-0.39, 0.29) is 11.4 Å². The zero-order valence-corrected chi connectivity index (χ0v) is 10.2. The van der Waals surface area contributed by atoms with Gasteiger partial charge in [-0.2, -0.15) is 5.26 Å². The van der Waals surface area contributed by atoms with E-state index in [9.17, 15) is 4.39 Å². The number of rotatable bonds is 1. The predicted molar refractivity (Wildman–Crippen MR) is 66.5 cm³/mol. The van der Waals surface area contributed by atoms with E-state index in [1.165, 1.54) is 12.1 Å². The molecule has 0 saturated heterocycles. The lowest BCUT2D eigenvalue weighted by Gasteiger charge is -2.04. The summed E-state index contributed by atoms with van der Waals surface area (Å²) in [5.41, 5.74) is 6.63. The van der Waals surface area contributed by atoms with Crippen molar-refractivity contribution in [1.29, 1.82) is 5.26 Å². The number of aromatic nitrogens is 1. The van der Waals surface area contributed by atoms with Crippen molar-refractivity contribution in [2.24, 2.45) is 0 Å². The van der Waals surface area contributed by atoms with Crippen molar-refractivity contribution in [3.05, 3.63) is 46.2 Å². The molecule has 0 spiro atoms. The lowest BCUT2D eigenvalue weighted by Crippen LogP contribution is -1.97. The Bertz CT molecular complexity index is 620. The van der Waals surface area contributed by atoms with Crippen molar-refractivity contribution in [2.75, 3.05) is 5.73 Å². The quantitative estimate of drug-likeness (QED) is 0.878. The van der Waals surface area contributed by atoms with Gasteiger partial charge in [0.25, 0.3) is 0 Å². The van der Waals surface area contributed by atoms with Crippen LogP contribution in [0.2, 0.25) is 0 Å². The molecular formula is C12H7BrFN3. The van der Waals surface area contributed by atoms with Crippen molar-refractivity contribution < 1.29 is 4.39 Å². The molecule has 0 bridgehead atoms. The van der Waals surface area contributed by atoms with Crippen LogP contribution in [0.3, 0.4) is 0 Å². The van der Waals surface area contributed by atoms with Gasteiger partial charge in [-0.1, -0.05) is 15.9 Å². The van der Waals surface area contributed by atoms with Crippen LogP contribution in [0.25, 0.3) is 11.3 Å². The van der Waals surface area contributed by atoms with E-state index in [4.69, 9.17) is 11.0 Å². The second-order valence-corrected chi connectivity index (χ2v) is 4.28. The van der Waals surface area contributed by atoms with E-state index in [0.717, 1.165) is 0 Å². The van der Waals surface area contributed by atoms with Crippen molar-refractivity contribution >= 4 is 21.7 Å². The fourth-order valence-corrected chi connectivity index (χ4v) is 1.75. The summed E-state index contributed by atoms with van der Waals surface area (Å²) in [6, 6.07) is 9.68. The summed E-state index contributed by atoms with van der Waals surface area (Å²) in [7, 11) is 0. The Hall–Kier alpha value is -1.93. The van der Waals surface area contributed by atoms with E-state index in [0.29, 0.717) is 15.7 Å². The minimum atomic E-state index is -0.393. The third-order valence-corrected chi connectivity index (χ3v) is 2.75. The van der Waals surface area contributed by atoms with E-state index in [1.54, 1.807) is 18.2 Å². The number of nitrogens with zero attached hydrogens (tertiary/aromatic N) is 2. The third kappa shape index (κ3) is 2.27. The topological polar surface area (TPSA) is 62.7 Å². The highest BCUT2D eigenvalue weighted by Gasteiger charge is 2.09. The van der Waals surface area contributed by atoms with E-state index in [2.05, 4.69) is 20.9 Å². The molecule has 0 aliphatic rings. The van der Waals surface area contributed by atoms with Crippen LogP contribution in [0.15, 0.2) is 34.8 Å². The Balaban J connectivity index is 2.54. The maximum atomic E-state index is 13.7. The van der Waals surface area contributed by atoms with Gasteiger partial charge in [0.05, 0.1) is 11.3 Å². The Morgan fingerprint density at radius 2 is 2.06 bits per heavy atom. The molecule has 0 atom stereocenters. The van der Waals surface area contributed by atoms with Gasteiger partial charge in [-0.3, -0.25) is 0 Å². The predicted octanol–water partition coefficient (Wildman–Crippen LogP) is 3.10. The maximum Gasteiger partial charge on any atom is 0.142 e. The fourth-order valence-electron chi connectivity index (χ4n) is 1.42. The zero-order chi connectivity index (χ0) is 12.4. The first-order valence-corrected chi connectivity index (χ1v) is 5.53. The third-order valence-electron chi connectivity index (χ3n) is 2.25. The van der Waals surface area contributed by atoms with Gasteiger partial charge in [-0.25, -0.2) is 9.37 Å². The number of nitrogen functional groups attached to an aromatic ring is 1. The van der Waals surface area contributed by atoms with Crippen LogP contribution in [-0.4, -0.2) is 4.98 Å². The first kappa shape index (κ1) is 11.6. The molecule has 0 aliphatic heterocycles. The first-order chi connectivity index (χ1) is 8.11. The number of nitriles is 1. The molecule has 1 aromatic carbocycles. The lowest BCUT2D eigenvalue weighted by atomic mass is 10.1. The molecule has 84 valence electrons. The van der Waals surface area contributed by atoms with Crippen molar-refractivity contribution in [3.8, 4) is 17.3 Å². The summed E-state index contributed by atoms with van der Waals surface area (Å²) in [5.74, 6) is -0.289. The Morgan fingerprint density at radius 3 is 2.65 bits per heavy atom. The second kappa shape index (κ2) is 4.52. The van der Waals surface area contributed by atoms with E-state index in [1.807, 2.05) is 6.07 Å². The normalized spacial score (nSPS) is 9.94.